The van der Waals surface area contributed by atoms with Crippen LogP contribution in [0.2, 0.25) is 0 Å². The standard InChI is InChI=1S/C21H21NO5/c1-13(21(24)17-12-22-18-7-5-4-6-16(17)18)27-20(23)10-14-8-9-15(25-2)11-19(14)26-3/h4-9,11-13,22H,10H2,1-3H3. The fraction of sp³-hybridized carbons (Fsp3) is 0.238. The van der Waals surface area contributed by atoms with Crippen LogP contribution in [0.15, 0.2) is 48.7 Å². The number of fused-ring (bicyclic) bond motifs is 1. The number of aromatic nitrogens is 1. The van der Waals surface area contributed by atoms with E-state index in [0.717, 1.165) is 10.9 Å². The predicted molar refractivity (Wildman–Crippen MR) is 101 cm³/mol. The first-order chi connectivity index (χ1) is 13.0. The Labute approximate surface area is 157 Å². The molecule has 1 N–H and O–H groups in total. The molecule has 0 radical (unpaired) electrons. The second kappa shape index (κ2) is 7.95. The molecule has 27 heavy (non-hydrogen) atoms. The SMILES string of the molecule is COc1ccc(CC(=O)OC(C)C(=O)c2c[nH]c3ccccc23)c(OC)c1. The van der Waals surface area contributed by atoms with Crippen molar-refractivity contribution in [3.05, 3.63) is 59.8 Å². The first kappa shape index (κ1) is 18.5. The van der Waals surface area contributed by atoms with Gasteiger partial charge in [0, 0.05) is 34.3 Å². The van der Waals surface area contributed by atoms with Crippen molar-refractivity contribution in [1.29, 1.82) is 0 Å². The Morgan fingerprint density at radius 2 is 1.85 bits per heavy atom. The van der Waals surface area contributed by atoms with Crippen molar-refractivity contribution in [3.63, 3.8) is 0 Å². The van der Waals surface area contributed by atoms with E-state index >= 15 is 0 Å². The van der Waals surface area contributed by atoms with Gasteiger partial charge in [0.15, 0.2) is 6.10 Å². The topological polar surface area (TPSA) is 77.6 Å². The number of carbonyl (C=O) groups excluding carboxylic acids is 2. The maximum absolute atomic E-state index is 12.7. The summed E-state index contributed by atoms with van der Waals surface area (Å²) in [6, 6.07) is 12.7. The number of benzene rings is 2. The number of Topliss-reactive ketones (excluding diaryl/α,β-unsaturated/α-hetero) is 1. The van der Waals surface area contributed by atoms with Crippen LogP contribution < -0.4 is 9.47 Å². The summed E-state index contributed by atoms with van der Waals surface area (Å²) in [5, 5.41) is 0.808. The zero-order valence-electron chi connectivity index (χ0n) is 15.4. The van der Waals surface area contributed by atoms with E-state index in [-0.39, 0.29) is 12.2 Å². The first-order valence-corrected chi connectivity index (χ1v) is 8.54. The molecular weight excluding hydrogens is 346 g/mol. The van der Waals surface area contributed by atoms with Gasteiger partial charge in [0.2, 0.25) is 5.78 Å². The second-order valence-corrected chi connectivity index (χ2v) is 6.10. The fourth-order valence-electron chi connectivity index (χ4n) is 2.94. The van der Waals surface area contributed by atoms with Gasteiger partial charge in [-0.2, -0.15) is 0 Å². The molecule has 0 saturated heterocycles. The Morgan fingerprint density at radius 3 is 2.59 bits per heavy atom. The summed E-state index contributed by atoms with van der Waals surface area (Å²) in [5.41, 5.74) is 2.03. The largest absolute Gasteiger partial charge is 0.497 e. The third-order valence-corrected chi connectivity index (χ3v) is 4.36. The number of methoxy groups -OCH3 is 2. The number of carbonyl (C=O) groups is 2. The lowest BCUT2D eigenvalue weighted by Crippen LogP contribution is -2.25. The Bertz CT molecular complexity index is 976. The summed E-state index contributed by atoms with van der Waals surface area (Å²) in [4.78, 5) is 28.0. The van der Waals surface area contributed by atoms with Gasteiger partial charge < -0.3 is 19.2 Å². The quantitative estimate of drug-likeness (QED) is 0.510. The van der Waals surface area contributed by atoms with Crippen LogP contribution in [-0.2, 0) is 16.0 Å². The molecule has 1 heterocycles. The third-order valence-electron chi connectivity index (χ3n) is 4.36. The first-order valence-electron chi connectivity index (χ1n) is 8.54. The number of para-hydroxylation sites is 1. The molecule has 2 aromatic carbocycles. The summed E-state index contributed by atoms with van der Waals surface area (Å²) in [6.07, 6.45) is 0.753. The number of aromatic amines is 1. The molecule has 1 atom stereocenters. The summed E-state index contributed by atoms with van der Waals surface area (Å²) in [7, 11) is 3.08. The molecule has 3 rings (SSSR count). The van der Waals surface area contributed by atoms with Gasteiger partial charge in [-0.05, 0) is 19.1 Å². The average Bonchev–Trinajstić information content (AvgIpc) is 3.11. The van der Waals surface area contributed by atoms with E-state index in [1.807, 2.05) is 24.3 Å². The van der Waals surface area contributed by atoms with Crippen LogP contribution in [0.4, 0.5) is 0 Å². The van der Waals surface area contributed by atoms with E-state index in [1.54, 1.807) is 38.4 Å². The van der Waals surface area contributed by atoms with Crippen molar-refractivity contribution < 1.29 is 23.8 Å². The average molecular weight is 367 g/mol. The molecule has 0 aliphatic carbocycles. The Balaban J connectivity index is 1.69. The van der Waals surface area contributed by atoms with Crippen LogP contribution in [-0.4, -0.2) is 37.1 Å². The van der Waals surface area contributed by atoms with Gasteiger partial charge in [0.1, 0.15) is 11.5 Å². The number of rotatable bonds is 7. The van der Waals surface area contributed by atoms with Crippen LogP contribution in [0.1, 0.15) is 22.8 Å². The van der Waals surface area contributed by atoms with E-state index in [4.69, 9.17) is 14.2 Å². The molecule has 140 valence electrons. The Kier molecular flexibility index (Phi) is 5.45. The summed E-state index contributed by atoms with van der Waals surface area (Å²) >= 11 is 0. The highest BCUT2D eigenvalue weighted by Gasteiger charge is 2.23. The van der Waals surface area contributed by atoms with Crippen LogP contribution in [0, 0.1) is 0 Å². The van der Waals surface area contributed by atoms with Crippen molar-refractivity contribution in [3.8, 4) is 11.5 Å². The minimum absolute atomic E-state index is 0.00132. The highest BCUT2D eigenvalue weighted by atomic mass is 16.5. The van der Waals surface area contributed by atoms with Crippen LogP contribution in [0.3, 0.4) is 0 Å². The molecule has 0 spiro atoms. The Hall–Kier alpha value is -3.28. The highest BCUT2D eigenvalue weighted by molar-refractivity contribution is 6.10. The van der Waals surface area contributed by atoms with Crippen LogP contribution in [0.25, 0.3) is 10.9 Å². The molecule has 0 bridgehead atoms. The number of hydrogen-bond donors (Lipinski definition) is 1. The molecule has 0 fully saturated rings. The number of esters is 1. The van der Waals surface area contributed by atoms with E-state index in [1.165, 1.54) is 7.11 Å². The van der Waals surface area contributed by atoms with Crippen molar-refractivity contribution in [2.75, 3.05) is 14.2 Å². The van der Waals surface area contributed by atoms with Gasteiger partial charge in [-0.15, -0.1) is 0 Å². The summed E-state index contributed by atoms with van der Waals surface area (Å²) < 4.78 is 15.8. The van der Waals surface area contributed by atoms with Gasteiger partial charge in [-0.1, -0.05) is 24.3 Å². The number of hydrogen-bond acceptors (Lipinski definition) is 5. The van der Waals surface area contributed by atoms with Gasteiger partial charge in [0.25, 0.3) is 0 Å². The molecule has 6 nitrogen and oxygen atoms in total. The van der Waals surface area contributed by atoms with E-state index in [2.05, 4.69) is 4.98 Å². The monoisotopic (exact) mass is 367 g/mol. The number of ketones is 1. The third kappa shape index (κ3) is 3.95. The van der Waals surface area contributed by atoms with E-state index in [0.29, 0.717) is 22.6 Å². The summed E-state index contributed by atoms with van der Waals surface area (Å²) in [6.45, 7) is 1.58. The minimum Gasteiger partial charge on any atom is -0.497 e. The van der Waals surface area contributed by atoms with Gasteiger partial charge in [0.05, 0.1) is 20.6 Å². The van der Waals surface area contributed by atoms with Gasteiger partial charge in [-0.3, -0.25) is 9.59 Å². The molecule has 0 amide bonds. The molecule has 1 unspecified atom stereocenters. The fourth-order valence-corrected chi connectivity index (χ4v) is 2.94. The van der Waals surface area contributed by atoms with Gasteiger partial charge >= 0.3 is 5.97 Å². The lowest BCUT2D eigenvalue weighted by molar-refractivity contribution is -0.145. The van der Waals surface area contributed by atoms with E-state index in [9.17, 15) is 9.59 Å². The maximum atomic E-state index is 12.7. The lowest BCUT2D eigenvalue weighted by atomic mass is 10.1. The van der Waals surface area contributed by atoms with E-state index < -0.39 is 12.1 Å². The number of nitrogens with one attached hydrogen (secondary N) is 1. The predicted octanol–water partition coefficient (Wildman–Crippen LogP) is 3.54. The molecule has 1 aromatic heterocycles. The number of ether oxygens (including phenoxy) is 3. The minimum atomic E-state index is -0.888. The molecule has 0 aliphatic heterocycles. The van der Waals surface area contributed by atoms with Crippen LogP contribution in [0.5, 0.6) is 11.5 Å². The second-order valence-electron chi connectivity index (χ2n) is 6.10. The zero-order chi connectivity index (χ0) is 19.4. The Morgan fingerprint density at radius 1 is 1.07 bits per heavy atom. The van der Waals surface area contributed by atoms with Crippen LogP contribution >= 0.6 is 0 Å². The van der Waals surface area contributed by atoms with Gasteiger partial charge in [-0.25, -0.2) is 0 Å². The van der Waals surface area contributed by atoms with Crippen molar-refractivity contribution in [2.45, 2.75) is 19.4 Å². The van der Waals surface area contributed by atoms with Crippen molar-refractivity contribution >= 4 is 22.7 Å². The number of H-pyrrole nitrogens is 1. The lowest BCUT2D eigenvalue weighted by Gasteiger charge is -2.14. The highest BCUT2D eigenvalue weighted by Crippen LogP contribution is 2.25. The van der Waals surface area contributed by atoms with Crippen molar-refractivity contribution in [1.82, 2.24) is 4.98 Å². The summed E-state index contributed by atoms with van der Waals surface area (Å²) in [5.74, 6) is 0.412. The smallest absolute Gasteiger partial charge is 0.311 e. The molecule has 0 saturated carbocycles. The maximum Gasteiger partial charge on any atom is 0.311 e. The normalized spacial score (nSPS) is 11.8. The molecule has 6 heteroatoms. The molecule has 0 aliphatic rings. The molecular formula is C21H21NO5. The van der Waals surface area contributed by atoms with Crippen molar-refractivity contribution in [2.24, 2.45) is 0 Å². The molecule has 3 aromatic rings. The zero-order valence-corrected chi connectivity index (χ0v) is 15.4.